The number of benzene rings is 1. The summed E-state index contributed by atoms with van der Waals surface area (Å²) in [5.41, 5.74) is 3.01. The average Bonchev–Trinajstić information content (AvgIpc) is 2.56. The average molecular weight is 368 g/mol. The van der Waals surface area contributed by atoms with E-state index >= 15 is 0 Å². The molecule has 1 aromatic carbocycles. The number of hydrogen-bond acceptors (Lipinski definition) is 3. The maximum Gasteiger partial charge on any atom is 0.0595 e. The lowest BCUT2D eigenvalue weighted by Gasteiger charge is -2.32. The predicted molar refractivity (Wildman–Crippen MR) is 92.2 cm³/mol. The molecule has 3 nitrogen and oxygen atoms in total. The van der Waals surface area contributed by atoms with Crippen molar-refractivity contribution in [2.75, 3.05) is 33.4 Å². The van der Waals surface area contributed by atoms with Crippen molar-refractivity contribution in [2.24, 2.45) is 0 Å². The minimum Gasteiger partial charge on any atom is -0.381 e. The van der Waals surface area contributed by atoms with Gasteiger partial charge in [-0.1, -0.05) is 22.0 Å². The van der Waals surface area contributed by atoms with Gasteiger partial charge in [-0.3, -0.25) is 4.90 Å². The van der Waals surface area contributed by atoms with Gasteiger partial charge in [-0.2, -0.15) is 0 Å². The Morgan fingerprint density at radius 1 is 1.18 bits per heavy atom. The van der Waals surface area contributed by atoms with Crippen LogP contribution in [0.15, 0.2) is 22.7 Å². The SMILES string of the molecule is COC1CCN(Cc2cc(Br)ccc2C2CCOCC2)CC1. The zero-order valence-electron chi connectivity index (χ0n) is 13.4. The summed E-state index contributed by atoms with van der Waals surface area (Å²) in [5, 5.41) is 0. The van der Waals surface area contributed by atoms with Crippen LogP contribution in [0.25, 0.3) is 0 Å². The van der Waals surface area contributed by atoms with Crippen LogP contribution in [-0.2, 0) is 16.0 Å². The highest BCUT2D eigenvalue weighted by atomic mass is 79.9. The van der Waals surface area contributed by atoms with Gasteiger partial charge in [-0.15, -0.1) is 0 Å². The molecular weight excluding hydrogens is 342 g/mol. The highest BCUT2D eigenvalue weighted by Crippen LogP contribution is 2.32. The Kier molecular flexibility index (Phi) is 5.91. The topological polar surface area (TPSA) is 21.7 Å². The van der Waals surface area contributed by atoms with Crippen molar-refractivity contribution in [2.45, 2.75) is 44.2 Å². The van der Waals surface area contributed by atoms with Gasteiger partial charge in [0.2, 0.25) is 0 Å². The molecule has 22 heavy (non-hydrogen) atoms. The van der Waals surface area contributed by atoms with Gasteiger partial charge in [0, 0.05) is 44.4 Å². The summed E-state index contributed by atoms with van der Waals surface area (Å²) in [4.78, 5) is 2.57. The third-order valence-electron chi connectivity index (χ3n) is 5.03. The molecule has 0 radical (unpaired) electrons. The van der Waals surface area contributed by atoms with E-state index in [4.69, 9.17) is 9.47 Å². The predicted octanol–water partition coefficient (Wildman–Crippen LogP) is 3.95. The first-order valence-electron chi connectivity index (χ1n) is 8.37. The van der Waals surface area contributed by atoms with E-state index in [0.29, 0.717) is 12.0 Å². The fraction of sp³-hybridized carbons (Fsp3) is 0.667. The van der Waals surface area contributed by atoms with Crippen LogP contribution in [-0.4, -0.2) is 44.4 Å². The number of rotatable bonds is 4. The zero-order chi connectivity index (χ0) is 15.4. The lowest BCUT2D eigenvalue weighted by molar-refractivity contribution is 0.0386. The molecule has 0 aliphatic carbocycles. The minimum absolute atomic E-state index is 0.453. The normalized spacial score (nSPS) is 22.1. The van der Waals surface area contributed by atoms with E-state index in [9.17, 15) is 0 Å². The van der Waals surface area contributed by atoms with Crippen molar-refractivity contribution in [1.29, 1.82) is 0 Å². The van der Waals surface area contributed by atoms with Crippen LogP contribution in [0.2, 0.25) is 0 Å². The summed E-state index contributed by atoms with van der Waals surface area (Å²) < 4.78 is 12.2. The Bertz CT molecular complexity index is 480. The second-order valence-electron chi connectivity index (χ2n) is 6.44. The van der Waals surface area contributed by atoms with E-state index in [2.05, 4.69) is 39.0 Å². The van der Waals surface area contributed by atoms with Crippen molar-refractivity contribution >= 4 is 15.9 Å². The monoisotopic (exact) mass is 367 g/mol. The van der Waals surface area contributed by atoms with Crippen LogP contribution < -0.4 is 0 Å². The summed E-state index contributed by atoms with van der Waals surface area (Å²) in [6.45, 7) is 5.14. The zero-order valence-corrected chi connectivity index (χ0v) is 15.0. The molecule has 0 spiro atoms. The quantitative estimate of drug-likeness (QED) is 0.803. The lowest BCUT2D eigenvalue weighted by Crippen LogP contribution is -2.36. The Hall–Kier alpha value is -0.420. The van der Waals surface area contributed by atoms with Crippen molar-refractivity contribution in [1.82, 2.24) is 4.90 Å². The molecule has 0 saturated carbocycles. The lowest BCUT2D eigenvalue weighted by atomic mass is 9.88. The van der Waals surface area contributed by atoms with Gasteiger partial charge in [0.05, 0.1) is 6.10 Å². The molecule has 2 heterocycles. The summed E-state index contributed by atoms with van der Waals surface area (Å²) in [6, 6.07) is 6.82. The Labute approximate surface area is 142 Å². The third kappa shape index (κ3) is 4.10. The second-order valence-corrected chi connectivity index (χ2v) is 7.36. The molecule has 0 atom stereocenters. The first kappa shape index (κ1) is 16.4. The van der Waals surface area contributed by atoms with E-state index in [1.165, 1.54) is 15.6 Å². The molecule has 0 amide bonds. The molecule has 0 aromatic heterocycles. The fourth-order valence-corrected chi connectivity index (χ4v) is 4.07. The summed E-state index contributed by atoms with van der Waals surface area (Å²) in [6.07, 6.45) is 5.06. The Balaban J connectivity index is 1.70. The van der Waals surface area contributed by atoms with E-state index in [-0.39, 0.29) is 0 Å². The van der Waals surface area contributed by atoms with Crippen molar-refractivity contribution in [3.05, 3.63) is 33.8 Å². The van der Waals surface area contributed by atoms with Gasteiger partial charge in [0.1, 0.15) is 0 Å². The molecule has 2 aliphatic rings. The first-order valence-corrected chi connectivity index (χ1v) is 9.17. The first-order chi connectivity index (χ1) is 10.8. The van der Waals surface area contributed by atoms with Gasteiger partial charge in [-0.25, -0.2) is 0 Å². The molecule has 4 heteroatoms. The fourth-order valence-electron chi connectivity index (χ4n) is 3.66. The van der Waals surface area contributed by atoms with Crippen LogP contribution in [0.4, 0.5) is 0 Å². The maximum atomic E-state index is 5.53. The largest absolute Gasteiger partial charge is 0.381 e. The van der Waals surface area contributed by atoms with Crippen molar-refractivity contribution in [3.8, 4) is 0 Å². The van der Waals surface area contributed by atoms with Crippen LogP contribution >= 0.6 is 15.9 Å². The maximum absolute atomic E-state index is 5.53. The van der Waals surface area contributed by atoms with Crippen molar-refractivity contribution < 1.29 is 9.47 Å². The molecule has 2 fully saturated rings. The Morgan fingerprint density at radius 3 is 2.59 bits per heavy atom. The Morgan fingerprint density at radius 2 is 1.91 bits per heavy atom. The molecule has 122 valence electrons. The van der Waals surface area contributed by atoms with Crippen molar-refractivity contribution in [3.63, 3.8) is 0 Å². The van der Waals surface area contributed by atoms with E-state index in [1.807, 2.05) is 7.11 Å². The van der Waals surface area contributed by atoms with Crippen LogP contribution in [0, 0.1) is 0 Å². The second kappa shape index (κ2) is 7.91. The summed E-state index contributed by atoms with van der Waals surface area (Å²) in [7, 11) is 1.83. The highest BCUT2D eigenvalue weighted by molar-refractivity contribution is 9.10. The number of methoxy groups -OCH3 is 1. The number of hydrogen-bond donors (Lipinski definition) is 0. The van der Waals surface area contributed by atoms with E-state index in [1.54, 1.807) is 0 Å². The third-order valence-corrected chi connectivity index (χ3v) is 5.52. The van der Waals surface area contributed by atoms with Gasteiger partial charge in [-0.05, 0) is 54.9 Å². The molecule has 1 aromatic rings. The number of halogens is 1. The van der Waals surface area contributed by atoms with E-state index < -0.39 is 0 Å². The molecule has 0 bridgehead atoms. The smallest absolute Gasteiger partial charge is 0.0595 e. The van der Waals surface area contributed by atoms with Crippen LogP contribution in [0.3, 0.4) is 0 Å². The van der Waals surface area contributed by atoms with Gasteiger partial charge in [0.15, 0.2) is 0 Å². The summed E-state index contributed by atoms with van der Waals surface area (Å²) >= 11 is 3.64. The van der Waals surface area contributed by atoms with Gasteiger partial charge in [0.25, 0.3) is 0 Å². The minimum atomic E-state index is 0.453. The molecule has 2 saturated heterocycles. The molecule has 3 rings (SSSR count). The molecule has 2 aliphatic heterocycles. The number of likely N-dealkylation sites (tertiary alicyclic amines) is 1. The number of nitrogens with zero attached hydrogens (tertiary/aromatic N) is 1. The van der Waals surface area contributed by atoms with E-state index in [0.717, 1.165) is 58.5 Å². The number of ether oxygens (including phenoxy) is 2. The van der Waals surface area contributed by atoms with Gasteiger partial charge < -0.3 is 9.47 Å². The molecular formula is C18H26BrNO2. The standard InChI is InChI=1S/C18H26BrNO2/c1-21-17-4-8-20(9-5-17)13-15-12-16(19)2-3-18(15)14-6-10-22-11-7-14/h2-3,12,14,17H,4-11,13H2,1H3. The van der Waals surface area contributed by atoms with Crippen LogP contribution in [0.5, 0.6) is 0 Å². The molecule has 0 unspecified atom stereocenters. The number of piperidine rings is 1. The summed E-state index contributed by atoms with van der Waals surface area (Å²) in [5.74, 6) is 0.661. The van der Waals surface area contributed by atoms with Gasteiger partial charge >= 0.3 is 0 Å². The van der Waals surface area contributed by atoms with Crippen LogP contribution in [0.1, 0.15) is 42.7 Å². The molecule has 0 N–H and O–H groups in total. The highest BCUT2D eigenvalue weighted by Gasteiger charge is 2.22.